The average molecular weight is 161 g/mol. The highest BCUT2D eigenvalue weighted by atomic mass is 19.1. The molecule has 0 amide bonds. The third-order valence-electron chi connectivity index (χ3n) is 1.89. The Kier molecular flexibility index (Phi) is 5.47. The first kappa shape index (κ1) is 10.9. The van der Waals surface area contributed by atoms with Crippen molar-refractivity contribution in [3.8, 4) is 0 Å². The van der Waals surface area contributed by atoms with Crippen LogP contribution in [0.2, 0.25) is 0 Å². The Morgan fingerprint density at radius 1 is 1.45 bits per heavy atom. The van der Waals surface area contributed by atoms with E-state index in [-0.39, 0.29) is 0 Å². The SMILES string of the molecule is CC.CCCC1(F)CCNC1. The van der Waals surface area contributed by atoms with Crippen molar-refractivity contribution in [2.24, 2.45) is 0 Å². The lowest BCUT2D eigenvalue weighted by Gasteiger charge is -2.15. The molecular formula is C9H20FN. The summed E-state index contributed by atoms with van der Waals surface area (Å²) in [5.41, 5.74) is -0.866. The lowest BCUT2D eigenvalue weighted by molar-refractivity contribution is 0.175. The molecule has 1 atom stereocenters. The van der Waals surface area contributed by atoms with Gasteiger partial charge >= 0.3 is 0 Å². The molecule has 1 rings (SSSR count). The van der Waals surface area contributed by atoms with Gasteiger partial charge < -0.3 is 5.32 Å². The number of halogens is 1. The summed E-state index contributed by atoms with van der Waals surface area (Å²) >= 11 is 0. The fourth-order valence-electron chi connectivity index (χ4n) is 1.37. The van der Waals surface area contributed by atoms with Gasteiger partial charge in [0.1, 0.15) is 5.67 Å². The third kappa shape index (κ3) is 3.71. The highest BCUT2D eigenvalue weighted by Crippen LogP contribution is 2.24. The second-order valence-electron chi connectivity index (χ2n) is 2.83. The number of hydrogen-bond donors (Lipinski definition) is 1. The van der Waals surface area contributed by atoms with E-state index in [0.717, 1.165) is 19.4 Å². The van der Waals surface area contributed by atoms with E-state index in [9.17, 15) is 4.39 Å². The summed E-state index contributed by atoms with van der Waals surface area (Å²) in [6.07, 6.45) is 2.39. The molecule has 1 nitrogen and oxygen atoms in total. The highest BCUT2D eigenvalue weighted by molar-refractivity contribution is 4.87. The summed E-state index contributed by atoms with van der Waals surface area (Å²) in [6.45, 7) is 7.46. The number of nitrogens with one attached hydrogen (secondary N) is 1. The molecule has 1 saturated heterocycles. The minimum Gasteiger partial charge on any atom is -0.313 e. The van der Waals surface area contributed by atoms with E-state index in [1.807, 2.05) is 20.8 Å². The van der Waals surface area contributed by atoms with Crippen molar-refractivity contribution in [2.45, 2.75) is 45.7 Å². The van der Waals surface area contributed by atoms with E-state index >= 15 is 0 Å². The molecule has 11 heavy (non-hydrogen) atoms. The zero-order valence-corrected chi connectivity index (χ0v) is 7.91. The Hall–Kier alpha value is -0.110. The van der Waals surface area contributed by atoms with E-state index in [0.29, 0.717) is 13.0 Å². The molecule has 0 radical (unpaired) electrons. The van der Waals surface area contributed by atoms with Crippen LogP contribution in [0.4, 0.5) is 4.39 Å². The Labute approximate surface area is 69.4 Å². The molecule has 0 aromatic rings. The summed E-state index contributed by atoms with van der Waals surface area (Å²) < 4.78 is 13.3. The van der Waals surface area contributed by atoms with E-state index in [1.54, 1.807) is 0 Å². The quantitative estimate of drug-likeness (QED) is 0.656. The molecule has 1 heterocycles. The second kappa shape index (κ2) is 5.53. The lowest BCUT2D eigenvalue weighted by atomic mass is 10.00. The maximum atomic E-state index is 13.3. The smallest absolute Gasteiger partial charge is 0.124 e. The molecular weight excluding hydrogens is 141 g/mol. The molecule has 1 N–H and O–H groups in total. The summed E-state index contributed by atoms with van der Waals surface area (Å²) in [5, 5.41) is 3.02. The molecule has 0 aromatic heterocycles. The topological polar surface area (TPSA) is 12.0 Å². The van der Waals surface area contributed by atoms with Crippen LogP contribution >= 0.6 is 0 Å². The van der Waals surface area contributed by atoms with Gasteiger partial charge in [-0.1, -0.05) is 27.2 Å². The van der Waals surface area contributed by atoms with Gasteiger partial charge in [-0.2, -0.15) is 0 Å². The van der Waals surface area contributed by atoms with E-state index in [1.165, 1.54) is 0 Å². The predicted molar refractivity (Wildman–Crippen MR) is 47.6 cm³/mol. The van der Waals surface area contributed by atoms with Gasteiger partial charge in [0.2, 0.25) is 0 Å². The van der Waals surface area contributed by atoms with Crippen molar-refractivity contribution in [2.75, 3.05) is 13.1 Å². The standard InChI is InChI=1S/C7H14FN.C2H6/c1-2-3-7(8)4-5-9-6-7;1-2/h9H,2-6H2,1H3;1-2H3. The van der Waals surface area contributed by atoms with E-state index in [2.05, 4.69) is 5.32 Å². The lowest BCUT2D eigenvalue weighted by Crippen LogP contribution is -2.25. The van der Waals surface area contributed by atoms with Crippen LogP contribution in [-0.4, -0.2) is 18.8 Å². The molecule has 0 aliphatic carbocycles. The Morgan fingerprint density at radius 3 is 2.45 bits per heavy atom. The zero-order valence-electron chi connectivity index (χ0n) is 7.91. The van der Waals surface area contributed by atoms with Crippen molar-refractivity contribution >= 4 is 0 Å². The predicted octanol–water partition coefficient (Wildman–Crippen LogP) is 2.51. The van der Waals surface area contributed by atoms with Gasteiger partial charge in [0.15, 0.2) is 0 Å². The fraction of sp³-hybridized carbons (Fsp3) is 1.00. The van der Waals surface area contributed by atoms with Crippen molar-refractivity contribution in [3.05, 3.63) is 0 Å². The van der Waals surface area contributed by atoms with Crippen molar-refractivity contribution in [1.29, 1.82) is 0 Å². The first-order valence-corrected chi connectivity index (χ1v) is 4.66. The minimum absolute atomic E-state index is 0.570. The van der Waals surface area contributed by atoms with Gasteiger partial charge in [-0.05, 0) is 19.4 Å². The summed E-state index contributed by atoms with van der Waals surface area (Å²) in [4.78, 5) is 0. The Bertz CT molecular complexity index is 87.6. The van der Waals surface area contributed by atoms with Crippen LogP contribution in [0.3, 0.4) is 0 Å². The number of rotatable bonds is 2. The van der Waals surface area contributed by atoms with E-state index < -0.39 is 5.67 Å². The number of hydrogen-bond acceptors (Lipinski definition) is 1. The molecule has 1 fully saturated rings. The first-order chi connectivity index (χ1) is 5.27. The van der Waals surface area contributed by atoms with Gasteiger partial charge in [-0.25, -0.2) is 4.39 Å². The fourth-order valence-corrected chi connectivity index (χ4v) is 1.37. The van der Waals surface area contributed by atoms with Crippen LogP contribution < -0.4 is 5.32 Å². The van der Waals surface area contributed by atoms with Crippen LogP contribution in [0.1, 0.15) is 40.0 Å². The van der Waals surface area contributed by atoms with Crippen molar-refractivity contribution in [3.63, 3.8) is 0 Å². The van der Waals surface area contributed by atoms with Crippen LogP contribution in [0.15, 0.2) is 0 Å². The zero-order chi connectivity index (χ0) is 8.74. The molecule has 0 saturated carbocycles. The Morgan fingerprint density at radius 2 is 2.09 bits per heavy atom. The average Bonchev–Trinajstić information content (AvgIpc) is 2.41. The molecule has 2 heteroatoms. The summed E-state index contributed by atoms with van der Waals surface area (Å²) in [7, 11) is 0. The molecule has 0 aromatic carbocycles. The van der Waals surface area contributed by atoms with Crippen LogP contribution in [-0.2, 0) is 0 Å². The number of alkyl halides is 1. The monoisotopic (exact) mass is 161 g/mol. The van der Waals surface area contributed by atoms with Gasteiger partial charge in [-0.3, -0.25) is 0 Å². The molecule has 1 aliphatic heterocycles. The van der Waals surface area contributed by atoms with Gasteiger partial charge in [0.25, 0.3) is 0 Å². The third-order valence-corrected chi connectivity index (χ3v) is 1.89. The molecule has 68 valence electrons. The van der Waals surface area contributed by atoms with Gasteiger partial charge in [0, 0.05) is 6.54 Å². The first-order valence-electron chi connectivity index (χ1n) is 4.66. The van der Waals surface area contributed by atoms with Gasteiger partial charge in [0.05, 0.1) is 0 Å². The normalized spacial score (nSPS) is 29.5. The van der Waals surface area contributed by atoms with Crippen molar-refractivity contribution < 1.29 is 4.39 Å². The summed E-state index contributed by atoms with van der Waals surface area (Å²) in [5.74, 6) is 0. The van der Waals surface area contributed by atoms with Crippen LogP contribution in [0.25, 0.3) is 0 Å². The largest absolute Gasteiger partial charge is 0.313 e. The maximum absolute atomic E-state index is 13.3. The van der Waals surface area contributed by atoms with Crippen molar-refractivity contribution in [1.82, 2.24) is 5.32 Å². The molecule has 0 spiro atoms. The minimum atomic E-state index is -0.866. The summed E-state index contributed by atoms with van der Waals surface area (Å²) in [6, 6.07) is 0. The van der Waals surface area contributed by atoms with Gasteiger partial charge in [-0.15, -0.1) is 0 Å². The Balaban J connectivity index is 0.000000461. The molecule has 1 unspecified atom stereocenters. The molecule has 1 aliphatic rings. The maximum Gasteiger partial charge on any atom is 0.124 e. The van der Waals surface area contributed by atoms with Crippen LogP contribution in [0.5, 0.6) is 0 Å². The highest BCUT2D eigenvalue weighted by Gasteiger charge is 2.31. The van der Waals surface area contributed by atoms with Crippen LogP contribution in [0, 0.1) is 0 Å². The second-order valence-corrected chi connectivity index (χ2v) is 2.83. The van der Waals surface area contributed by atoms with E-state index in [4.69, 9.17) is 0 Å². The molecule has 0 bridgehead atoms.